The average molecular weight is 216 g/mol. The van der Waals surface area contributed by atoms with E-state index in [0.29, 0.717) is 0 Å². The molecule has 2 atom stereocenters. The Balaban J connectivity index is 4.37. The first-order valence-corrected chi connectivity index (χ1v) is 7.42. The Bertz CT molecular complexity index is 113. The third-order valence-electron chi connectivity index (χ3n) is 3.24. The molecule has 0 amide bonds. The second-order valence-electron chi connectivity index (χ2n) is 5.06. The summed E-state index contributed by atoms with van der Waals surface area (Å²) in [5, 5.41) is 0. The third-order valence-corrected chi connectivity index (χ3v) is 3.96. The summed E-state index contributed by atoms with van der Waals surface area (Å²) >= 11 is 2.01. The summed E-state index contributed by atoms with van der Waals surface area (Å²) in [6.45, 7) is 11.8. The molecule has 0 N–H and O–H groups in total. The number of thioether (sulfide) groups is 1. The fourth-order valence-electron chi connectivity index (χ4n) is 2.38. The van der Waals surface area contributed by atoms with Gasteiger partial charge in [0, 0.05) is 0 Å². The van der Waals surface area contributed by atoms with E-state index < -0.39 is 0 Å². The van der Waals surface area contributed by atoms with Gasteiger partial charge in [-0.15, -0.1) is 0 Å². The molecule has 0 fully saturated rings. The van der Waals surface area contributed by atoms with Crippen molar-refractivity contribution in [1.29, 1.82) is 0 Å². The van der Waals surface area contributed by atoms with Gasteiger partial charge in [-0.25, -0.2) is 0 Å². The van der Waals surface area contributed by atoms with Crippen LogP contribution in [0.4, 0.5) is 0 Å². The molecule has 0 aromatic heterocycles. The van der Waals surface area contributed by atoms with Gasteiger partial charge in [-0.1, -0.05) is 47.5 Å². The molecular weight excluding hydrogens is 188 g/mol. The van der Waals surface area contributed by atoms with Gasteiger partial charge in [-0.3, -0.25) is 0 Å². The van der Waals surface area contributed by atoms with Crippen LogP contribution in [-0.2, 0) is 0 Å². The summed E-state index contributed by atoms with van der Waals surface area (Å²) in [5.74, 6) is 4.84. The van der Waals surface area contributed by atoms with E-state index in [9.17, 15) is 0 Å². The normalized spacial score (nSPS) is 16.3. The van der Waals surface area contributed by atoms with Crippen molar-refractivity contribution in [2.75, 3.05) is 12.0 Å². The van der Waals surface area contributed by atoms with E-state index in [1.54, 1.807) is 0 Å². The smallest absolute Gasteiger partial charge is 0.00367 e. The third kappa shape index (κ3) is 4.72. The summed E-state index contributed by atoms with van der Waals surface area (Å²) in [6, 6.07) is 0. The highest BCUT2D eigenvalue weighted by atomic mass is 32.2. The van der Waals surface area contributed by atoms with Crippen LogP contribution in [0.3, 0.4) is 0 Å². The van der Waals surface area contributed by atoms with Crippen molar-refractivity contribution in [2.24, 2.45) is 23.7 Å². The highest BCUT2D eigenvalue weighted by Gasteiger charge is 2.25. The van der Waals surface area contributed by atoms with Crippen LogP contribution in [0.5, 0.6) is 0 Å². The lowest BCUT2D eigenvalue weighted by molar-refractivity contribution is 0.205. The SMILES string of the molecule is CCCC(C(C)C)C(CSC)C(C)C. The van der Waals surface area contributed by atoms with Crippen LogP contribution in [0.15, 0.2) is 0 Å². The molecule has 0 bridgehead atoms. The second-order valence-corrected chi connectivity index (χ2v) is 5.97. The van der Waals surface area contributed by atoms with E-state index in [1.165, 1.54) is 18.6 Å². The van der Waals surface area contributed by atoms with Gasteiger partial charge in [-0.2, -0.15) is 11.8 Å². The first-order valence-electron chi connectivity index (χ1n) is 6.03. The Morgan fingerprint density at radius 1 is 0.929 bits per heavy atom. The first-order chi connectivity index (χ1) is 6.54. The molecule has 0 aliphatic rings. The summed E-state index contributed by atoms with van der Waals surface area (Å²) in [5.41, 5.74) is 0. The van der Waals surface area contributed by atoms with Crippen molar-refractivity contribution in [3.05, 3.63) is 0 Å². The van der Waals surface area contributed by atoms with Gasteiger partial charge in [0.2, 0.25) is 0 Å². The molecule has 0 spiro atoms. The predicted molar refractivity (Wildman–Crippen MR) is 69.9 cm³/mol. The second kappa shape index (κ2) is 7.62. The van der Waals surface area contributed by atoms with E-state index in [0.717, 1.165) is 23.7 Å². The molecule has 14 heavy (non-hydrogen) atoms. The summed E-state index contributed by atoms with van der Waals surface area (Å²) in [6.07, 6.45) is 4.97. The van der Waals surface area contributed by atoms with Crippen LogP contribution in [0.1, 0.15) is 47.5 Å². The Morgan fingerprint density at radius 3 is 1.71 bits per heavy atom. The van der Waals surface area contributed by atoms with Crippen molar-refractivity contribution < 1.29 is 0 Å². The van der Waals surface area contributed by atoms with Crippen LogP contribution in [0.2, 0.25) is 0 Å². The molecule has 0 aliphatic heterocycles. The topological polar surface area (TPSA) is 0 Å². The maximum absolute atomic E-state index is 2.38. The Kier molecular flexibility index (Phi) is 7.81. The summed E-state index contributed by atoms with van der Waals surface area (Å²) in [7, 11) is 0. The van der Waals surface area contributed by atoms with Gasteiger partial charge in [0.1, 0.15) is 0 Å². The molecule has 0 aromatic rings. The Morgan fingerprint density at radius 2 is 1.43 bits per heavy atom. The van der Waals surface area contributed by atoms with Gasteiger partial charge in [0.25, 0.3) is 0 Å². The maximum Gasteiger partial charge on any atom is -0.00367 e. The van der Waals surface area contributed by atoms with Crippen LogP contribution >= 0.6 is 11.8 Å². The van der Waals surface area contributed by atoms with Crippen LogP contribution in [0.25, 0.3) is 0 Å². The first kappa shape index (κ1) is 14.3. The Hall–Kier alpha value is 0.350. The molecule has 0 heterocycles. The van der Waals surface area contributed by atoms with Crippen molar-refractivity contribution in [3.63, 3.8) is 0 Å². The van der Waals surface area contributed by atoms with Crippen molar-refractivity contribution in [1.82, 2.24) is 0 Å². The van der Waals surface area contributed by atoms with Gasteiger partial charge in [-0.05, 0) is 35.7 Å². The van der Waals surface area contributed by atoms with Gasteiger partial charge < -0.3 is 0 Å². The molecule has 0 aromatic carbocycles. The quantitative estimate of drug-likeness (QED) is 0.595. The molecule has 0 saturated carbocycles. The van der Waals surface area contributed by atoms with Gasteiger partial charge >= 0.3 is 0 Å². The lowest BCUT2D eigenvalue weighted by Crippen LogP contribution is -2.26. The van der Waals surface area contributed by atoms with Crippen molar-refractivity contribution in [3.8, 4) is 0 Å². The minimum absolute atomic E-state index is 0.835. The maximum atomic E-state index is 2.38. The standard InChI is InChI=1S/C13H28S/c1-7-8-12(10(2)3)13(9-14-6)11(4)5/h10-13H,7-9H2,1-6H3. The minimum Gasteiger partial charge on any atom is -0.165 e. The van der Waals surface area contributed by atoms with Crippen molar-refractivity contribution >= 4 is 11.8 Å². The van der Waals surface area contributed by atoms with Crippen LogP contribution < -0.4 is 0 Å². The molecular formula is C13H28S. The predicted octanol–water partition coefficient (Wildman–Crippen LogP) is 4.69. The van der Waals surface area contributed by atoms with Crippen LogP contribution in [0, 0.1) is 23.7 Å². The molecule has 0 saturated heterocycles. The largest absolute Gasteiger partial charge is 0.165 e. The molecule has 0 nitrogen and oxygen atoms in total. The van der Waals surface area contributed by atoms with E-state index in [4.69, 9.17) is 0 Å². The van der Waals surface area contributed by atoms with E-state index in [1.807, 2.05) is 11.8 Å². The number of rotatable bonds is 7. The molecule has 0 aliphatic carbocycles. The zero-order valence-corrected chi connectivity index (χ0v) is 11.7. The Labute approximate surface area is 95.2 Å². The lowest BCUT2D eigenvalue weighted by atomic mass is 9.76. The number of hydrogen-bond acceptors (Lipinski definition) is 1. The highest BCUT2D eigenvalue weighted by Crippen LogP contribution is 2.33. The molecule has 2 unspecified atom stereocenters. The van der Waals surface area contributed by atoms with E-state index >= 15 is 0 Å². The summed E-state index contributed by atoms with van der Waals surface area (Å²) in [4.78, 5) is 0. The zero-order chi connectivity index (χ0) is 11.1. The fraction of sp³-hybridized carbons (Fsp3) is 1.00. The molecule has 0 rings (SSSR count). The van der Waals surface area contributed by atoms with Gasteiger partial charge in [0.15, 0.2) is 0 Å². The van der Waals surface area contributed by atoms with E-state index in [-0.39, 0.29) is 0 Å². The van der Waals surface area contributed by atoms with Crippen molar-refractivity contribution in [2.45, 2.75) is 47.5 Å². The average Bonchev–Trinajstić information content (AvgIpc) is 2.10. The van der Waals surface area contributed by atoms with Gasteiger partial charge in [0.05, 0.1) is 0 Å². The van der Waals surface area contributed by atoms with E-state index in [2.05, 4.69) is 40.9 Å². The lowest BCUT2D eigenvalue weighted by Gasteiger charge is -2.32. The highest BCUT2D eigenvalue weighted by molar-refractivity contribution is 7.98. The summed E-state index contributed by atoms with van der Waals surface area (Å²) < 4.78 is 0. The van der Waals surface area contributed by atoms with Crippen LogP contribution in [-0.4, -0.2) is 12.0 Å². The molecule has 1 heteroatoms. The molecule has 0 radical (unpaired) electrons. The fourth-order valence-corrected chi connectivity index (χ4v) is 3.40. The number of hydrogen-bond donors (Lipinski definition) is 0. The zero-order valence-electron chi connectivity index (χ0n) is 10.8. The monoisotopic (exact) mass is 216 g/mol. The minimum atomic E-state index is 0.835. The molecule has 86 valence electrons.